The van der Waals surface area contributed by atoms with Crippen LogP contribution in [0.4, 0.5) is 20.3 Å². The average molecular weight is 819 g/mol. The smallest absolute Gasteiger partial charge is 0.336 e. The number of aliphatic hydroxyl groups is 1. The number of Topliss-reactive ketones (excluding diaryl/α,β-unsaturated/α-hetero) is 1. The summed E-state index contributed by atoms with van der Waals surface area (Å²) in [6.07, 6.45) is -0.876. The van der Waals surface area contributed by atoms with Crippen LogP contribution in [0.25, 0.3) is 21.7 Å². The van der Waals surface area contributed by atoms with Crippen LogP contribution < -0.4 is 16.0 Å². The summed E-state index contributed by atoms with van der Waals surface area (Å²) in [5.41, 5.74) is 9.29. The Kier molecular flexibility index (Phi) is 12.5. The SMILES string of the molecule is Cc1ncsc1-c1ccc([C@H](C)NC(=O)[C@@H]2C[C@@H](O)CN2C(=O)[C@@H](CC(=O)CN2CCN(c3cc(-c4c(C(=O)O)ccc(F)c4F)nnc3N)CC2)C(C)(C)C)cc1. The van der Waals surface area contributed by atoms with Crippen LogP contribution in [0.15, 0.2) is 48.0 Å². The molecule has 0 unspecified atom stereocenters. The number of hydrogen-bond donors (Lipinski definition) is 4. The molecule has 0 saturated carbocycles. The number of nitrogens with one attached hydrogen (secondary N) is 1. The number of amides is 2. The van der Waals surface area contributed by atoms with Gasteiger partial charge in [-0.05, 0) is 48.6 Å². The highest BCUT2D eigenvalue weighted by Crippen LogP contribution is 2.35. The van der Waals surface area contributed by atoms with Crippen LogP contribution in [0, 0.1) is 29.9 Å². The Morgan fingerprint density at radius 2 is 1.72 bits per heavy atom. The van der Waals surface area contributed by atoms with E-state index in [0.717, 1.165) is 33.8 Å². The molecule has 2 aliphatic heterocycles. The quantitative estimate of drug-likeness (QED) is 0.154. The first-order valence-electron chi connectivity index (χ1n) is 19.1. The number of nitrogens with zero attached hydrogens (tertiary/aromatic N) is 6. The highest BCUT2D eigenvalue weighted by Gasteiger charge is 2.45. The fourth-order valence-corrected chi connectivity index (χ4v) is 8.41. The Morgan fingerprint density at radius 1 is 1.03 bits per heavy atom. The fourth-order valence-electron chi connectivity index (χ4n) is 7.60. The summed E-state index contributed by atoms with van der Waals surface area (Å²) in [7, 11) is 0. The van der Waals surface area contributed by atoms with Gasteiger partial charge in [0, 0.05) is 51.5 Å². The maximum Gasteiger partial charge on any atom is 0.336 e. The summed E-state index contributed by atoms with van der Waals surface area (Å²) in [4.78, 5) is 63.9. The number of carboxylic acids is 1. The molecule has 2 aromatic heterocycles. The van der Waals surface area contributed by atoms with Crippen molar-refractivity contribution in [2.24, 2.45) is 11.3 Å². The van der Waals surface area contributed by atoms with Crippen molar-refractivity contribution in [2.75, 3.05) is 49.9 Å². The van der Waals surface area contributed by atoms with E-state index in [4.69, 9.17) is 5.73 Å². The van der Waals surface area contributed by atoms with E-state index in [-0.39, 0.29) is 61.1 Å². The number of anilines is 2. The van der Waals surface area contributed by atoms with Crippen molar-refractivity contribution in [1.29, 1.82) is 0 Å². The van der Waals surface area contributed by atoms with Crippen molar-refractivity contribution >= 4 is 46.4 Å². The van der Waals surface area contributed by atoms with Gasteiger partial charge in [-0.2, -0.15) is 0 Å². The summed E-state index contributed by atoms with van der Waals surface area (Å²) in [5.74, 6) is -5.72. The van der Waals surface area contributed by atoms with Crippen LogP contribution >= 0.6 is 11.3 Å². The maximum atomic E-state index is 14.8. The molecule has 2 aliphatic rings. The minimum atomic E-state index is -1.46. The number of piperazine rings is 1. The molecule has 4 aromatic rings. The zero-order valence-electron chi connectivity index (χ0n) is 33.0. The number of aryl methyl sites for hydroxylation is 1. The normalized spacial score (nSPS) is 18.6. The number of carboxylic acid groups (broad SMARTS) is 1. The summed E-state index contributed by atoms with van der Waals surface area (Å²) in [6.45, 7) is 11.1. The molecule has 17 heteroatoms. The second-order valence-electron chi connectivity index (χ2n) is 16.0. The molecular formula is C41H48F2N8O6S. The van der Waals surface area contributed by atoms with Gasteiger partial charge in [0.1, 0.15) is 11.8 Å². The maximum absolute atomic E-state index is 14.8. The Labute approximate surface area is 339 Å². The monoisotopic (exact) mass is 818 g/mol. The number of benzene rings is 2. The summed E-state index contributed by atoms with van der Waals surface area (Å²) in [5, 5.41) is 31.0. The minimum absolute atomic E-state index is 0.0125. The summed E-state index contributed by atoms with van der Waals surface area (Å²) in [6, 6.07) is 9.67. The van der Waals surface area contributed by atoms with Gasteiger partial charge in [-0.25, -0.2) is 18.6 Å². The number of aliphatic hydroxyl groups excluding tert-OH is 1. The Hall–Kier alpha value is -5.39. The predicted octanol–water partition coefficient (Wildman–Crippen LogP) is 4.72. The van der Waals surface area contributed by atoms with Crippen molar-refractivity contribution < 1.29 is 38.2 Å². The van der Waals surface area contributed by atoms with E-state index < -0.39 is 52.2 Å². The van der Waals surface area contributed by atoms with Crippen LogP contribution in [-0.2, 0) is 14.4 Å². The van der Waals surface area contributed by atoms with Crippen LogP contribution in [0.2, 0.25) is 0 Å². The average Bonchev–Trinajstić information content (AvgIpc) is 3.80. The first-order valence-corrected chi connectivity index (χ1v) is 19.9. The molecule has 4 heterocycles. The third kappa shape index (κ3) is 9.16. The number of aromatic carboxylic acids is 1. The number of hydrogen-bond acceptors (Lipinski definition) is 12. The first kappa shape index (κ1) is 42.2. The third-order valence-electron chi connectivity index (χ3n) is 10.9. The van der Waals surface area contributed by atoms with Crippen LogP contribution in [0.5, 0.6) is 0 Å². The zero-order valence-corrected chi connectivity index (χ0v) is 33.9. The molecule has 0 radical (unpaired) electrons. The Balaban J connectivity index is 1.07. The number of aromatic nitrogens is 3. The van der Waals surface area contributed by atoms with E-state index in [1.807, 2.05) is 68.7 Å². The molecule has 0 spiro atoms. The second kappa shape index (κ2) is 17.2. The number of nitrogens with two attached hydrogens (primary N) is 1. The number of nitrogen functional groups attached to an aromatic ring is 1. The third-order valence-corrected chi connectivity index (χ3v) is 11.9. The topological polar surface area (TPSA) is 195 Å². The molecule has 4 atom stereocenters. The molecule has 14 nitrogen and oxygen atoms in total. The van der Waals surface area contributed by atoms with Crippen molar-refractivity contribution in [2.45, 2.75) is 65.6 Å². The fraction of sp³-hybridized carbons (Fsp3) is 0.439. The summed E-state index contributed by atoms with van der Waals surface area (Å²) >= 11 is 1.56. The van der Waals surface area contributed by atoms with Gasteiger partial charge < -0.3 is 31.1 Å². The molecule has 2 fully saturated rings. The van der Waals surface area contributed by atoms with Gasteiger partial charge in [0.15, 0.2) is 17.5 Å². The first-order chi connectivity index (χ1) is 27.4. The number of carbonyl (C=O) groups excluding carboxylic acids is 3. The van der Waals surface area contributed by atoms with E-state index in [1.54, 1.807) is 16.8 Å². The number of halogens is 2. The van der Waals surface area contributed by atoms with Gasteiger partial charge in [-0.1, -0.05) is 45.0 Å². The minimum Gasteiger partial charge on any atom is -0.478 e. The molecule has 0 bridgehead atoms. The molecule has 0 aliphatic carbocycles. The lowest BCUT2D eigenvalue weighted by Crippen LogP contribution is -2.51. The Bertz CT molecular complexity index is 2190. The van der Waals surface area contributed by atoms with Crippen molar-refractivity contribution in [1.82, 2.24) is 30.3 Å². The zero-order chi connectivity index (χ0) is 42.1. The van der Waals surface area contributed by atoms with E-state index in [1.165, 1.54) is 11.0 Å². The largest absolute Gasteiger partial charge is 0.478 e. The molecule has 2 aromatic carbocycles. The number of thiazole rings is 1. The molecule has 5 N–H and O–H groups in total. The van der Waals surface area contributed by atoms with Gasteiger partial charge in [0.05, 0.1) is 57.3 Å². The molecule has 2 amide bonds. The van der Waals surface area contributed by atoms with Gasteiger partial charge >= 0.3 is 5.97 Å². The molecule has 2 saturated heterocycles. The second-order valence-corrected chi connectivity index (χ2v) is 16.9. The van der Waals surface area contributed by atoms with Crippen molar-refractivity contribution in [3.05, 3.63) is 76.4 Å². The van der Waals surface area contributed by atoms with E-state index in [9.17, 15) is 38.2 Å². The van der Waals surface area contributed by atoms with Crippen molar-refractivity contribution in [3.63, 3.8) is 0 Å². The number of rotatable bonds is 12. The molecule has 58 heavy (non-hydrogen) atoms. The lowest BCUT2D eigenvalue weighted by atomic mass is 9.76. The lowest BCUT2D eigenvalue weighted by Gasteiger charge is -2.37. The Morgan fingerprint density at radius 3 is 2.34 bits per heavy atom. The highest BCUT2D eigenvalue weighted by atomic mass is 32.1. The van der Waals surface area contributed by atoms with Gasteiger partial charge in [0.2, 0.25) is 11.8 Å². The van der Waals surface area contributed by atoms with Crippen LogP contribution in [-0.4, -0.2) is 110 Å². The van der Waals surface area contributed by atoms with Gasteiger partial charge in [-0.3, -0.25) is 19.3 Å². The van der Waals surface area contributed by atoms with E-state index in [2.05, 4.69) is 20.5 Å². The van der Waals surface area contributed by atoms with E-state index >= 15 is 0 Å². The molecule has 308 valence electrons. The molecule has 6 rings (SSSR count). The van der Waals surface area contributed by atoms with Crippen molar-refractivity contribution in [3.8, 4) is 21.7 Å². The molecular weight excluding hydrogens is 771 g/mol. The van der Waals surface area contributed by atoms with Crippen LogP contribution in [0.3, 0.4) is 0 Å². The van der Waals surface area contributed by atoms with Gasteiger partial charge in [-0.15, -0.1) is 21.5 Å². The van der Waals surface area contributed by atoms with Crippen LogP contribution in [0.1, 0.15) is 68.2 Å². The number of carbonyl (C=O) groups is 4. The highest BCUT2D eigenvalue weighted by molar-refractivity contribution is 7.13. The predicted molar refractivity (Wildman–Crippen MR) is 215 cm³/mol. The van der Waals surface area contributed by atoms with E-state index in [0.29, 0.717) is 31.9 Å². The summed E-state index contributed by atoms with van der Waals surface area (Å²) < 4.78 is 29.0. The van der Waals surface area contributed by atoms with Gasteiger partial charge in [0.25, 0.3) is 0 Å². The number of likely N-dealkylation sites (tertiary alicyclic amines) is 1. The lowest BCUT2D eigenvalue weighted by molar-refractivity contribution is -0.146. The number of ketones is 1. The number of β-amino-alcohol motifs (C(OH)–C–C–N with tert-alkyl or cyclic N) is 1. The standard InChI is InChI=1S/C41H48F2N8O6S/c1-22(24-6-8-25(9-7-24)36-23(2)45-21-58-36)46-38(54)33-17-27(53)20-51(33)39(55)29(41(3,4)5)16-26(52)19-49-12-14-50(15-13-49)32-18-31(47-48-37(32)44)34-28(40(56)57)10-11-30(42)35(34)43/h6-11,18,21-22,27,29,33,53H,12-17,19-20H2,1-5H3,(H2,44,48)(H,46,54)(H,56,57)/t22-,27+,29+,33-/m0/s1.